The van der Waals surface area contributed by atoms with Crippen LogP contribution in [0.5, 0.6) is 0 Å². The van der Waals surface area contributed by atoms with E-state index < -0.39 is 16.5 Å². The van der Waals surface area contributed by atoms with E-state index in [1.807, 2.05) is 19.9 Å². The van der Waals surface area contributed by atoms with Crippen LogP contribution in [0.2, 0.25) is 0 Å². The van der Waals surface area contributed by atoms with E-state index in [0.29, 0.717) is 5.69 Å². The molecule has 4 N–H and O–H groups in total. The largest absolute Gasteiger partial charge is 0.465 e. The molecule has 0 heterocycles. The average Bonchev–Trinajstić information content (AvgIpc) is 1.95. The maximum absolute atomic E-state index is 10.3. The van der Waals surface area contributed by atoms with Gasteiger partial charge in [-0.1, -0.05) is 6.07 Å². The number of amides is 1. The molecule has 0 saturated carbocycles. The summed E-state index contributed by atoms with van der Waals surface area (Å²) in [5, 5.41) is 10.7. The molecule has 0 fully saturated rings. The van der Waals surface area contributed by atoms with Gasteiger partial charge in [0.15, 0.2) is 0 Å². The highest BCUT2D eigenvalue weighted by atomic mass is 32.3. The molecular weight excluding hydrogens is 250 g/mol. The summed E-state index contributed by atoms with van der Waals surface area (Å²) in [4.78, 5) is 10.3. The number of carboxylic acid groups (broad SMARTS) is 1. The fourth-order valence-corrected chi connectivity index (χ4v) is 1.17. The monoisotopic (exact) mass is 263 g/mol. The van der Waals surface area contributed by atoms with Crippen molar-refractivity contribution in [2.24, 2.45) is 0 Å². The molecule has 96 valence electrons. The van der Waals surface area contributed by atoms with Crippen LogP contribution in [-0.4, -0.2) is 28.7 Å². The van der Waals surface area contributed by atoms with Gasteiger partial charge in [-0.15, -0.1) is 0 Å². The van der Waals surface area contributed by atoms with E-state index in [1.54, 1.807) is 12.1 Å². The first-order chi connectivity index (χ1) is 7.58. The second kappa shape index (κ2) is 6.18. The van der Waals surface area contributed by atoms with Crippen LogP contribution in [0.15, 0.2) is 18.2 Å². The summed E-state index contributed by atoms with van der Waals surface area (Å²) in [5.74, 6) is 0. The van der Waals surface area contributed by atoms with Crippen molar-refractivity contribution >= 4 is 22.2 Å². The lowest BCUT2D eigenvalue weighted by molar-refractivity contribution is 0.209. The van der Waals surface area contributed by atoms with Gasteiger partial charge < -0.3 is 5.11 Å². The van der Waals surface area contributed by atoms with E-state index in [1.165, 1.54) is 0 Å². The van der Waals surface area contributed by atoms with E-state index in [2.05, 4.69) is 5.32 Å². The number of carbonyl (C=O) groups is 1. The zero-order chi connectivity index (χ0) is 13.6. The van der Waals surface area contributed by atoms with Crippen molar-refractivity contribution in [2.45, 2.75) is 13.8 Å². The first-order valence-electron chi connectivity index (χ1n) is 4.36. The van der Waals surface area contributed by atoms with Crippen molar-refractivity contribution in [3.05, 3.63) is 29.3 Å². The molecule has 1 aromatic rings. The summed E-state index contributed by atoms with van der Waals surface area (Å²) in [6.07, 6.45) is -1.03. The number of nitrogens with one attached hydrogen (secondary N) is 1. The first-order valence-corrected chi connectivity index (χ1v) is 5.76. The highest BCUT2D eigenvalue weighted by Gasteiger charge is 1.98. The molecule has 0 aliphatic carbocycles. The predicted molar refractivity (Wildman–Crippen MR) is 61.7 cm³/mol. The van der Waals surface area contributed by atoms with Gasteiger partial charge in [0.1, 0.15) is 0 Å². The van der Waals surface area contributed by atoms with Crippen molar-refractivity contribution in [1.82, 2.24) is 0 Å². The molecule has 0 atom stereocenters. The smallest absolute Gasteiger partial charge is 0.409 e. The molecular formula is C9H13NO6S. The Morgan fingerprint density at radius 2 is 1.47 bits per heavy atom. The van der Waals surface area contributed by atoms with E-state index in [-0.39, 0.29) is 0 Å². The number of benzene rings is 1. The van der Waals surface area contributed by atoms with Gasteiger partial charge >= 0.3 is 16.5 Å². The molecule has 7 nitrogen and oxygen atoms in total. The lowest BCUT2D eigenvalue weighted by Crippen LogP contribution is -2.07. The molecule has 0 spiro atoms. The second-order valence-electron chi connectivity index (χ2n) is 3.25. The number of hydrogen-bond donors (Lipinski definition) is 4. The third-order valence-electron chi connectivity index (χ3n) is 1.47. The van der Waals surface area contributed by atoms with Crippen molar-refractivity contribution in [2.75, 3.05) is 5.32 Å². The fraction of sp³-hybridized carbons (Fsp3) is 0.222. The first kappa shape index (κ1) is 15.4. The lowest BCUT2D eigenvalue weighted by atomic mass is 10.1. The quantitative estimate of drug-likeness (QED) is 0.572. The minimum absolute atomic E-state index is 0.625. The average molecular weight is 263 g/mol. The minimum atomic E-state index is -4.67. The molecule has 17 heavy (non-hydrogen) atoms. The number of rotatable bonds is 1. The van der Waals surface area contributed by atoms with Gasteiger partial charge in [0.2, 0.25) is 0 Å². The van der Waals surface area contributed by atoms with Crippen molar-refractivity contribution < 1.29 is 27.4 Å². The molecule has 0 aliphatic heterocycles. The number of hydrogen-bond acceptors (Lipinski definition) is 3. The standard InChI is InChI=1S/C9H11NO2.H2O4S/c1-6-3-7(2)5-8(4-6)10-9(11)12;1-5(2,3)4/h3-5,10H,1-2H3,(H,11,12);(H2,1,2,3,4). The Labute approximate surface area is 98.7 Å². The van der Waals surface area contributed by atoms with Gasteiger partial charge in [0.05, 0.1) is 0 Å². The molecule has 0 unspecified atom stereocenters. The summed E-state index contributed by atoms with van der Waals surface area (Å²) in [6.45, 7) is 3.86. The van der Waals surface area contributed by atoms with Gasteiger partial charge in [0, 0.05) is 5.69 Å². The zero-order valence-corrected chi connectivity index (χ0v) is 10.0. The summed E-state index contributed by atoms with van der Waals surface area (Å²) < 4.78 is 31.6. The predicted octanol–water partition coefficient (Wildman–Crippen LogP) is 1.74. The second-order valence-corrected chi connectivity index (χ2v) is 4.15. The summed E-state index contributed by atoms with van der Waals surface area (Å²) in [6, 6.07) is 5.58. The Hall–Kier alpha value is -1.64. The van der Waals surface area contributed by atoms with Crippen LogP contribution in [0, 0.1) is 13.8 Å². The van der Waals surface area contributed by atoms with Gasteiger partial charge in [-0.25, -0.2) is 4.79 Å². The van der Waals surface area contributed by atoms with Crippen LogP contribution in [0.4, 0.5) is 10.5 Å². The van der Waals surface area contributed by atoms with Gasteiger partial charge in [-0.05, 0) is 37.1 Å². The van der Waals surface area contributed by atoms with Crippen LogP contribution in [0.3, 0.4) is 0 Å². The third kappa shape index (κ3) is 10.6. The number of aryl methyl sites for hydroxylation is 2. The molecule has 1 rings (SSSR count). The van der Waals surface area contributed by atoms with E-state index >= 15 is 0 Å². The van der Waals surface area contributed by atoms with Crippen LogP contribution in [0.25, 0.3) is 0 Å². The van der Waals surface area contributed by atoms with Gasteiger partial charge in [0.25, 0.3) is 0 Å². The highest BCUT2D eigenvalue weighted by Crippen LogP contribution is 2.13. The molecule has 1 amide bonds. The Morgan fingerprint density at radius 1 is 1.12 bits per heavy atom. The Kier molecular flexibility index (Phi) is 5.59. The van der Waals surface area contributed by atoms with Gasteiger partial charge in [-0.3, -0.25) is 14.4 Å². The summed E-state index contributed by atoms with van der Waals surface area (Å²) >= 11 is 0. The Balaban J connectivity index is 0.000000437. The van der Waals surface area contributed by atoms with Crippen LogP contribution in [-0.2, 0) is 10.4 Å². The third-order valence-corrected chi connectivity index (χ3v) is 1.47. The normalized spacial score (nSPS) is 10.1. The van der Waals surface area contributed by atoms with E-state index in [0.717, 1.165) is 11.1 Å². The number of anilines is 1. The molecule has 0 bridgehead atoms. The van der Waals surface area contributed by atoms with Gasteiger partial charge in [-0.2, -0.15) is 8.42 Å². The molecule has 0 aromatic heterocycles. The maximum atomic E-state index is 10.3. The molecule has 0 radical (unpaired) electrons. The minimum Gasteiger partial charge on any atom is -0.465 e. The molecule has 8 heteroatoms. The molecule has 0 saturated heterocycles. The molecule has 0 aliphatic rings. The summed E-state index contributed by atoms with van der Waals surface area (Å²) in [5.41, 5.74) is 2.73. The van der Waals surface area contributed by atoms with Crippen molar-refractivity contribution in [1.29, 1.82) is 0 Å². The van der Waals surface area contributed by atoms with E-state index in [9.17, 15) is 4.79 Å². The van der Waals surface area contributed by atoms with Crippen LogP contribution in [0.1, 0.15) is 11.1 Å². The van der Waals surface area contributed by atoms with E-state index in [4.69, 9.17) is 22.6 Å². The van der Waals surface area contributed by atoms with Crippen molar-refractivity contribution in [3.63, 3.8) is 0 Å². The fourth-order valence-electron chi connectivity index (χ4n) is 1.17. The van der Waals surface area contributed by atoms with Crippen molar-refractivity contribution in [3.8, 4) is 0 Å². The van der Waals surface area contributed by atoms with Crippen LogP contribution >= 0.6 is 0 Å². The summed E-state index contributed by atoms with van der Waals surface area (Å²) in [7, 11) is -4.67. The zero-order valence-electron chi connectivity index (χ0n) is 9.21. The Morgan fingerprint density at radius 3 is 1.76 bits per heavy atom. The SMILES string of the molecule is Cc1cc(C)cc(NC(=O)O)c1.O=S(=O)(O)O. The lowest BCUT2D eigenvalue weighted by Gasteiger charge is -2.03. The molecule has 1 aromatic carbocycles. The Bertz CT molecular complexity index is 468. The van der Waals surface area contributed by atoms with Crippen LogP contribution < -0.4 is 5.32 Å². The topological polar surface area (TPSA) is 124 Å². The maximum Gasteiger partial charge on any atom is 0.409 e. The highest BCUT2D eigenvalue weighted by molar-refractivity contribution is 7.79.